The number of hydrogen-bond donors (Lipinski definition) is 2. The van der Waals surface area contributed by atoms with Gasteiger partial charge in [0.05, 0.1) is 0 Å². The van der Waals surface area contributed by atoms with Crippen LogP contribution in [0.4, 0.5) is 5.69 Å². The minimum absolute atomic E-state index is 0.0333. The largest absolute Gasteiger partial charge is 0.378 e. The van der Waals surface area contributed by atoms with Crippen molar-refractivity contribution in [3.05, 3.63) is 52.3 Å². The lowest BCUT2D eigenvalue weighted by Gasteiger charge is -2.13. The highest BCUT2D eigenvalue weighted by Gasteiger charge is 2.19. The Balaban J connectivity index is 2.13. The summed E-state index contributed by atoms with van der Waals surface area (Å²) in [6, 6.07) is 7.99. The van der Waals surface area contributed by atoms with Gasteiger partial charge in [-0.2, -0.15) is 0 Å². The molecule has 1 heterocycles. The summed E-state index contributed by atoms with van der Waals surface area (Å²) < 4.78 is 0. The average molecular weight is 313 g/mol. The number of nitrogens with one attached hydrogen (secondary N) is 2. The molecule has 0 unspecified atom stereocenters. The first-order chi connectivity index (χ1) is 10.8. The summed E-state index contributed by atoms with van der Waals surface area (Å²) in [7, 11) is 3.96. The van der Waals surface area contributed by atoms with Crippen LogP contribution in [-0.4, -0.2) is 30.8 Å². The molecule has 2 N–H and O–H groups in total. The van der Waals surface area contributed by atoms with Gasteiger partial charge in [0.15, 0.2) is 5.78 Å². The van der Waals surface area contributed by atoms with Crippen LogP contribution in [0, 0.1) is 13.8 Å². The molecule has 2 rings (SSSR count). The van der Waals surface area contributed by atoms with Crippen molar-refractivity contribution in [1.29, 1.82) is 0 Å². The Labute approximate surface area is 136 Å². The summed E-state index contributed by atoms with van der Waals surface area (Å²) in [5.41, 5.74) is 4.60. The third-order valence-electron chi connectivity index (χ3n) is 3.90. The number of nitrogens with zero attached hydrogens (tertiary/aromatic N) is 1. The Morgan fingerprint density at radius 1 is 1.22 bits per heavy atom. The van der Waals surface area contributed by atoms with E-state index in [1.807, 2.05) is 43.3 Å². The molecule has 0 spiro atoms. The smallest absolute Gasteiger partial charge is 0.268 e. The maximum Gasteiger partial charge on any atom is 0.268 e. The van der Waals surface area contributed by atoms with E-state index in [0.717, 1.165) is 16.9 Å². The molecule has 1 aromatic carbocycles. The quantitative estimate of drug-likeness (QED) is 0.834. The number of carbonyl (C=O) groups excluding carboxylic acids is 2. The highest BCUT2D eigenvalue weighted by Crippen LogP contribution is 2.19. The Bertz CT molecular complexity index is 745. The monoisotopic (exact) mass is 313 g/mol. The van der Waals surface area contributed by atoms with Crippen LogP contribution >= 0.6 is 0 Å². The summed E-state index contributed by atoms with van der Waals surface area (Å²) in [5, 5.41) is 2.90. The Kier molecular flexibility index (Phi) is 4.89. The predicted molar refractivity (Wildman–Crippen MR) is 92.2 cm³/mol. The van der Waals surface area contributed by atoms with Crippen molar-refractivity contribution < 1.29 is 9.59 Å². The number of hydrogen-bond acceptors (Lipinski definition) is 3. The molecule has 0 fully saturated rings. The second kappa shape index (κ2) is 6.69. The lowest BCUT2D eigenvalue weighted by Crippen LogP contribution is -2.24. The van der Waals surface area contributed by atoms with E-state index in [2.05, 4.69) is 10.3 Å². The third kappa shape index (κ3) is 3.62. The van der Waals surface area contributed by atoms with Gasteiger partial charge in [-0.05, 0) is 44.0 Å². The molecule has 5 nitrogen and oxygen atoms in total. The number of rotatable bonds is 5. The number of aryl methyl sites for hydroxylation is 1. The van der Waals surface area contributed by atoms with E-state index in [9.17, 15) is 9.59 Å². The highest BCUT2D eigenvalue weighted by molar-refractivity contribution is 6.02. The molecule has 0 aliphatic carbocycles. The molecule has 122 valence electrons. The molecule has 23 heavy (non-hydrogen) atoms. The average Bonchev–Trinajstić information content (AvgIpc) is 2.80. The number of aromatic nitrogens is 1. The van der Waals surface area contributed by atoms with Crippen LogP contribution in [0.5, 0.6) is 0 Å². The standard InChI is InChI=1S/C18H23N3O2/c1-11-16(13(3)22)12(2)20-17(11)18(23)19-10-14-7-6-8-15(9-14)21(4)5/h6-9,20H,10H2,1-5H3,(H,19,23). The van der Waals surface area contributed by atoms with Crippen molar-refractivity contribution in [2.45, 2.75) is 27.3 Å². The molecule has 0 aliphatic heterocycles. The Morgan fingerprint density at radius 2 is 1.91 bits per heavy atom. The molecule has 0 radical (unpaired) electrons. The summed E-state index contributed by atoms with van der Waals surface area (Å²) in [4.78, 5) is 29.1. The topological polar surface area (TPSA) is 65.2 Å². The minimum atomic E-state index is -0.201. The number of benzene rings is 1. The van der Waals surface area contributed by atoms with Gasteiger partial charge < -0.3 is 15.2 Å². The number of amides is 1. The first kappa shape index (κ1) is 16.8. The number of ketones is 1. The first-order valence-corrected chi connectivity index (χ1v) is 7.55. The summed E-state index contributed by atoms with van der Waals surface area (Å²) >= 11 is 0. The lowest BCUT2D eigenvalue weighted by atomic mass is 10.1. The summed E-state index contributed by atoms with van der Waals surface area (Å²) in [5.74, 6) is -0.234. The number of carbonyl (C=O) groups is 2. The van der Waals surface area contributed by atoms with Gasteiger partial charge in [0.25, 0.3) is 5.91 Å². The van der Waals surface area contributed by atoms with Gasteiger partial charge in [-0.15, -0.1) is 0 Å². The van der Waals surface area contributed by atoms with E-state index in [1.54, 1.807) is 13.8 Å². The third-order valence-corrected chi connectivity index (χ3v) is 3.90. The van der Waals surface area contributed by atoms with Gasteiger partial charge in [0.2, 0.25) is 0 Å². The van der Waals surface area contributed by atoms with Crippen molar-refractivity contribution in [3.63, 3.8) is 0 Å². The molecule has 2 aromatic rings. The van der Waals surface area contributed by atoms with Gasteiger partial charge in [-0.3, -0.25) is 9.59 Å². The van der Waals surface area contributed by atoms with E-state index in [-0.39, 0.29) is 11.7 Å². The zero-order valence-corrected chi connectivity index (χ0v) is 14.3. The van der Waals surface area contributed by atoms with Crippen molar-refractivity contribution in [2.75, 3.05) is 19.0 Å². The zero-order chi connectivity index (χ0) is 17.1. The van der Waals surface area contributed by atoms with Crippen molar-refractivity contribution >= 4 is 17.4 Å². The maximum atomic E-state index is 12.4. The number of H-pyrrole nitrogens is 1. The molecule has 0 saturated heterocycles. The normalized spacial score (nSPS) is 10.5. The fourth-order valence-electron chi connectivity index (χ4n) is 2.72. The molecule has 0 atom stereocenters. The summed E-state index contributed by atoms with van der Waals surface area (Å²) in [6.45, 7) is 5.55. The Hall–Kier alpha value is -2.56. The molecule has 1 aromatic heterocycles. The molecule has 0 saturated carbocycles. The fourth-order valence-corrected chi connectivity index (χ4v) is 2.72. The van der Waals surface area contributed by atoms with Crippen LogP contribution in [0.25, 0.3) is 0 Å². The van der Waals surface area contributed by atoms with Gasteiger partial charge in [-0.1, -0.05) is 12.1 Å². The van der Waals surface area contributed by atoms with Crippen LogP contribution in [0.1, 0.15) is 44.6 Å². The SMILES string of the molecule is CC(=O)c1c(C)[nH]c(C(=O)NCc2cccc(N(C)C)c2)c1C. The van der Waals surface area contributed by atoms with Gasteiger partial charge in [0.1, 0.15) is 5.69 Å². The Morgan fingerprint density at radius 3 is 2.48 bits per heavy atom. The fraction of sp³-hybridized carbons (Fsp3) is 0.333. The second-order valence-electron chi connectivity index (χ2n) is 5.93. The van der Waals surface area contributed by atoms with E-state index in [4.69, 9.17) is 0 Å². The van der Waals surface area contributed by atoms with Crippen LogP contribution in [0.3, 0.4) is 0 Å². The lowest BCUT2D eigenvalue weighted by molar-refractivity contribution is 0.0945. The zero-order valence-electron chi connectivity index (χ0n) is 14.3. The molecule has 0 bridgehead atoms. The molecular weight excluding hydrogens is 290 g/mol. The van der Waals surface area contributed by atoms with Gasteiger partial charge >= 0.3 is 0 Å². The van der Waals surface area contributed by atoms with Crippen molar-refractivity contribution in [2.24, 2.45) is 0 Å². The van der Waals surface area contributed by atoms with Crippen LogP contribution in [0.15, 0.2) is 24.3 Å². The minimum Gasteiger partial charge on any atom is -0.378 e. The van der Waals surface area contributed by atoms with E-state index in [1.165, 1.54) is 6.92 Å². The van der Waals surface area contributed by atoms with E-state index < -0.39 is 0 Å². The van der Waals surface area contributed by atoms with E-state index in [0.29, 0.717) is 23.4 Å². The summed E-state index contributed by atoms with van der Waals surface area (Å²) in [6.07, 6.45) is 0. The van der Waals surface area contributed by atoms with Crippen LogP contribution in [-0.2, 0) is 6.54 Å². The van der Waals surface area contributed by atoms with Crippen molar-refractivity contribution in [1.82, 2.24) is 10.3 Å². The van der Waals surface area contributed by atoms with Gasteiger partial charge in [-0.25, -0.2) is 0 Å². The second-order valence-corrected chi connectivity index (χ2v) is 5.93. The first-order valence-electron chi connectivity index (χ1n) is 7.55. The number of Topliss-reactive ketones (excluding diaryl/α,β-unsaturated/α-hetero) is 1. The molecule has 1 amide bonds. The molecular formula is C18H23N3O2. The van der Waals surface area contributed by atoms with Crippen LogP contribution in [0.2, 0.25) is 0 Å². The number of anilines is 1. The van der Waals surface area contributed by atoms with E-state index >= 15 is 0 Å². The van der Waals surface area contributed by atoms with Crippen LogP contribution < -0.4 is 10.2 Å². The molecule has 0 aliphatic rings. The number of aromatic amines is 1. The van der Waals surface area contributed by atoms with Gasteiger partial charge in [0, 0.05) is 37.6 Å². The molecule has 5 heteroatoms. The maximum absolute atomic E-state index is 12.4. The highest BCUT2D eigenvalue weighted by atomic mass is 16.2. The predicted octanol–water partition coefficient (Wildman–Crippen LogP) is 2.83. The van der Waals surface area contributed by atoms with Crippen molar-refractivity contribution in [3.8, 4) is 0 Å².